The number of halogens is 1. The Balaban J connectivity index is 2.15. The van der Waals surface area contributed by atoms with Gasteiger partial charge in [0.05, 0.1) is 0 Å². The average Bonchev–Trinajstić information content (AvgIpc) is 2.41. The van der Waals surface area contributed by atoms with E-state index in [1.807, 2.05) is 0 Å². The van der Waals surface area contributed by atoms with Crippen LogP contribution in [0, 0.1) is 10.5 Å². The molecule has 0 aliphatic heterocycles. The number of anilines is 1. The van der Waals surface area contributed by atoms with Crippen LogP contribution in [0.3, 0.4) is 0 Å². The van der Waals surface area contributed by atoms with E-state index in [9.17, 15) is 0 Å². The van der Waals surface area contributed by atoms with Crippen molar-refractivity contribution in [1.29, 1.82) is 0 Å². The summed E-state index contributed by atoms with van der Waals surface area (Å²) in [5.41, 5.74) is 5.41. The van der Waals surface area contributed by atoms with Gasteiger partial charge in [0.2, 0.25) is 0 Å². The molecule has 0 amide bonds. The predicted octanol–water partition coefficient (Wildman–Crippen LogP) is 6.07. The lowest BCUT2D eigenvalue weighted by Gasteiger charge is -2.21. The van der Waals surface area contributed by atoms with Crippen molar-refractivity contribution in [1.82, 2.24) is 0 Å². The highest BCUT2D eigenvalue weighted by Gasteiger charge is 2.14. The summed E-state index contributed by atoms with van der Waals surface area (Å²) in [5, 5.41) is 3.61. The highest BCUT2D eigenvalue weighted by Crippen LogP contribution is 2.26. The van der Waals surface area contributed by atoms with E-state index >= 15 is 0 Å². The lowest BCUT2D eigenvalue weighted by molar-refractivity contribution is 0.589. The minimum atomic E-state index is 0.210. The fourth-order valence-corrected chi connectivity index (χ4v) is 3.02. The monoisotopic (exact) mass is 393 g/mol. The zero-order chi connectivity index (χ0) is 15.6. The molecule has 0 heterocycles. The predicted molar refractivity (Wildman–Crippen MR) is 101 cm³/mol. The molecular weight excluding hydrogens is 369 g/mol. The van der Waals surface area contributed by atoms with E-state index in [1.54, 1.807) is 0 Å². The van der Waals surface area contributed by atoms with Gasteiger partial charge in [-0.2, -0.15) is 0 Å². The van der Waals surface area contributed by atoms with E-state index in [2.05, 4.69) is 105 Å². The van der Waals surface area contributed by atoms with Crippen molar-refractivity contribution < 1.29 is 0 Å². The topological polar surface area (TPSA) is 12.0 Å². The molecule has 0 aliphatic carbocycles. The molecule has 0 spiro atoms. The fourth-order valence-electron chi connectivity index (χ4n) is 2.38. The first-order chi connectivity index (χ1) is 9.77. The second-order valence-electron chi connectivity index (χ2n) is 6.70. The zero-order valence-corrected chi connectivity index (χ0v) is 15.7. The van der Waals surface area contributed by atoms with Gasteiger partial charge in [-0.15, -0.1) is 0 Å². The smallest absolute Gasteiger partial charge is 0.0485 e. The normalized spacial score (nSPS) is 13.0. The maximum absolute atomic E-state index is 3.61. The molecule has 1 unspecified atom stereocenters. The molecule has 2 aromatic rings. The molecule has 0 saturated carbocycles. The van der Waals surface area contributed by atoms with Crippen LogP contribution in [0.5, 0.6) is 0 Å². The molecule has 0 saturated heterocycles. The van der Waals surface area contributed by atoms with Gasteiger partial charge in [0, 0.05) is 15.3 Å². The lowest BCUT2D eigenvalue weighted by atomic mass is 9.86. The molecule has 1 nitrogen and oxygen atoms in total. The summed E-state index contributed by atoms with van der Waals surface area (Å²) in [5.74, 6) is 0. The van der Waals surface area contributed by atoms with Crippen LogP contribution in [0.15, 0.2) is 42.5 Å². The second-order valence-corrected chi connectivity index (χ2v) is 7.94. The Kier molecular flexibility index (Phi) is 4.97. The largest absolute Gasteiger partial charge is 0.378 e. The van der Waals surface area contributed by atoms with Gasteiger partial charge in [-0.25, -0.2) is 0 Å². The SMILES string of the molecule is Cc1cc(I)ccc1NC(C)c1ccc(C(C)(C)C)cc1. The molecule has 2 aromatic carbocycles. The number of hydrogen-bond acceptors (Lipinski definition) is 1. The van der Waals surface area contributed by atoms with E-state index < -0.39 is 0 Å². The Hall–Kier alpha value is -1.03. The van der Waals surface area contributed by atoms with Crippen LogP contribution in [0.1, 0.15) is 50.4 Å². The number of aryl methyl sites for hydroxylation is 1. The Bertz CT molecular complexity index is 608. The van der Waals surface area contributed by atoms with Crippen LogP contribution >= 0.6 is 22.6 Å². The van der Waals surface area contributed by atoms with Gasteiger partial charge in [-0.1, -0.05) is 45.0 Å². The molecule has 0 aromatic heterocycles. The van der Waals surface area contributed by atoms with Gasteiger partial charge in [-0.3, -0.25) is 0 Å². The number of rotatable bonds is 3. The highest BCUT2D eigenvalue weighted by atomic mass is 127. The molecule has 0 fully saturated rings. The first kappa shape index (κ1) is 16.3. The van der Waals surface area contributed by atoms with E-state index in [1.165, 1.54) is 25.9 Å². The summed E-state index contributed by atoms with van der Waals surface area (Å²) in [6, 6.07) is 15.8. The lowest BCUT2D eigenvalue weighted by Crippen LogP contribution is -2.12. The Morgan fingerprint density at radius 1 is 1.00 bits per heavy atom. The van der Waals surface area contributed by atoms with E-state index in [0.717, 1.165) is 0 Å². The van der Waals surface area contributed by atoms with Crippen molar-refractivity contribution >= 4 is 28.3 Å². The van der Waals surface area contributed by atoms with Crippen molar-refractivity contribution in [3.63, 3.8) is 0 Å². The molecule has 2 heteroatoms. The fraction of sp³-hybridized carbons (Fsp3) is 0.368. The highest BCUT2D eigenvalue weighted by molar-refractivity contribution is 14.1. The summed E-state index contributed by atoms with van der Waals surface area (Å²) < 4.78 is 1.28. The van der Waals surface area contributed by atoms with Crippen LogP contribution in [0.25, 0.3) is 0 Å². The van der Waals surface area contributed by atoms with Crippen LogP contribution in [0.4, 0.5) is 5.69 Å². The molecule has 0 aliphatic rings. The first-order valence-electron chi connectivity index (χ1n) is 7.40. The molecule has 0 bridgehead atoms. The van der Waals surface area contributed by atoms with Crippen molar-refractivity contribution in [2.75, 3.05) is 5.32 Å². The van der Waals surface area contributed by atoms with E-state index in [-0.39, 0.29) is 5.41 Å². The third kappa shape index (κ3) is 4.22. The van der Waals surface area contributed by atoms with Crippen LogP contribution in [-0.2, 0) is 5.41 Å². The number of benzene rings is 2. The van der Waals surface area contributed by atoms with Crippen molar-refractivity contribution in [2.45, 2.75) is 46.1 Å². The Morgan fingerprint density at radius 2 is 1.62 bits per heavy atom. The molecule has 0 radical (unpaired) electrons. The number of nitrogens with one attached hydrogen (secondary N) is 1. The second kappa shape index (κ2) is 6.39. The summed E-state index contributed by atoms with van der Waals surface area (Å²) in [4.78, 5) is 0. The molecular formula is C19H24IN. The standard InChI is InChI=1S/C19H24IN/c1-13-12-17(20)10-11-18(13)21-14(2)15-6-8-16(9-7-15)19(3,4)5/h6-12,14,21H,1-5H3. The van der Waals surface area contributed by atoms with Gasteiger partial charge in [0.25, 0.3) is 0 Å². The van der Waals surface area contributed by atoms with Crippen molar-refractivity contribution in [3.8, 4) is 0 Å². The third-order valence-corrected chi connectivity index (χ3v) is 4.51. The summed E-state index contributed by atoms with van der Waals surface area (Å²) >= 11 is 2.35. The van der Waals surface area contributed by atoms with Gasteiger partial charge in [-0.05, 0) is 76.7 Å². The van der Waals surface area contributed by atoms with Gasteiger partial charge in [0.1, 0.15) is 0 Å². The van der Waals surface area contributed by atoms with Crippen molar-refractivity contribution in [3.05, 3.63) is 62.7 Å². The quantitative estimate of drug-likeness (QED) is 0.624. The molecule has 1 atom stereocenters. The van der Waals surface area contributed by atoms with Gasteiger partial charge in [0.15, 0.2) is 0 Å². The maximum Gasteiger partial charge on any atom is 0.0485 e. The molecule has 21 heavy (non-hydrogen) atoms. The molecule has 1 N–H and O–H groups in total. The van der Waals surface area contributed by atoms with Crippen LogP contribution in [-0.4, -0.2) is 0 Å². The minimum Gasteiger partial charge on any atom is -0.378 e. The average molecular weight is 393 g/mol. The summed E-state index contributed by atoms with van der Waals surface area (Å²) in [6.07, 6.45) is 0. The summed E-state index contributed by atoms with van der Waals surface area (Å²) in [7, 11) is 0. The van der Waals surface area contributed by atoms with Crippen molar-refractivity contribution in [2.24, 2.45) is 0 Å². The zero-order valence-electron chi connectivity index (χ0n) is 13.5. The minimum absolute atomic E-state index is 0.210. The van der Waals surface area contributed by atoms with Gasteiger partial charge >= 0.3 is 0 Å². The van der Waals surface area contributed by atoms with E-state index in [4.69, 9.17) is 0 Å². The maximum atomic E-state index is 3.61. The number of hydrogen-bond donors (Lipinski definition) is 1. The van der Waals surface area contributed by atoms with Gasteiger partial charge < -0.3 is 5.32 Å². The Labute approximate surface area is 142 Å². The molecule has 112 valence electrons. The third-order valence-electron chi connectivity index (χ3n) is 3.84. The summed E-state index contributed by atoms with van der Waals surface area (Å²) in [6.45, 7) is 11.1. The van der Waals surface area contributed by atoms with Crippen LogP contribution in [0.2, 0.25) is 0 Å². The molecule has 2 rings (SSSR count). The first-order valence-corrected chi connectivity index (χ1v) is 8.48. The Morgan fingerprint density at radius 3 is 2.14 bits per heavy atom. The van der Waals surface area contributed by atoms with Crippen LogP contribution < -0.4 is 5.32 Å². The van der Waals surface area contributed by atoms with E-state index in [0.29, 0.717) is 6.04 Å².